The summed E-state index contributed by atoms with van der Waals surface area (Å²) < 4.78 is 0. The van der Waals surface area contributed by atoms with Crippen LogP contribution in [-0.2, 0) is 6.42 Å². The first-order valence-electron chi connectivity index (χ1n) is 8.12. The van der Waals surface area contributed by atoms with Crippen LogP contribution in [0.15, 0.2) is 18.2 Å². The fraction of sp³-hybridized carbons (Fsp3) is 0.667. The standard InChI is InChI=1S/C18H24O2/c1-18-9-8-14-13-5-3-12(19)10-11(13)2-4-15(14)16(18)6-7-17(18)20/h3,5,10,14-17,19-20H,2,4,6-9H2,1H3/p+1/t14?,15?,16?,17-,18-/m0/s1. The van der Waals surface area contributed by atoms with Crippen LogP contribution in [0.1, 0.15) is 56.1 Å². The van der Waals surface area contributed by atoms with Crippen molar-refractivity contribution in [3.05, 3.63) is 29.3 Å². The van der Waals surface area contributed by atoms with Crippen molar-refractivity contribution in [2.24, 2.45) is 17.3 Å². The molecule has 0 heterocycles. The average Bonchev–Trinajstić information content (AvgIpc) is 2.74. The molecule has 4 rings (SSSR count). The van der Waals surface area contributed by atoms with E-state index in [1.807, 2.05) is 6.07 Å². The topological polar surface area (TPSA) is 43.1 Å². The highest BCUT2D eigenvalue weighted by molar-refractivity contribution is 5.40. The minimum Gasteiger partial charge on any atom is -0.593 e. The predicted octanol–water partition coefficient (Wildman–Crippen LogP) is 3.34. The number of aliphatic hydroxyl groups is 1. The maximum atomic E-state index is 10.4. The summed E-state index contributed by atoms with van der Waals surface area (Å²) in [4.78, 5) is 0. The second-order valence-electron chi connectivity index (χ2n) is 7.47. The van der Waals surface area contributed by atoms with Gasteiger partial charge < -0.3 is 10.2 Å². The Morgan fingerprint density at radius 2 is 2.05 bits per heavy atom. The summed E-state index contributed by atoms with van der Waals surface area (Å²) in [5, 5.41) is 18.2. The van der Waals surface area contributed by atoms with Crippen molar-refractivity contribution >= 4 is 0 Å². The van der Waals surface area contributed by atoms with Crippen LogP contribution in [0.4, 0.5) is 0 Å². The average molecular weight is 273 g/mol. The molecule has 3 aliphatic rings. The Kier molecular flexibility index (Phi) is 2.69. The summed E-state index contributed by atoms with van der Waals surface area (Å²) in [7, 11) is 0. The first-order valence-corrected chi connectivity index (χ1v) is 8.12. The molecule has 2 saturated carbocycles. The number of hydrogen-bond donors (Lipinski definition) is 1. The van der Waals surface area contributed by atoms with Crippen LogP contribution in [0.3, 0.4) is 0 Å². The van der Waals surface area contributed by atoms with Crippen LogP contribution in [-0.4, -0.2) is 16.3 Å². The second kappa shape index (κ2) is 4.24. The van der Waals surface area contributed by atoms with E-state index in [0.29, 0.717) is 17.6 Å². The first-order chi connectivity index (χ1) is 9.59. The SMILES string of the molecule is C[C@]12CCC3c4ccc([OH2+])cc4CCC3C1CC[C@@H]2O. The van der Waals surface area contributed by atoms with Crippen molar-refractivity contribution in [3.8, 4) is 5.75 Å². The summed E-state index contributed by atoms with van der Waals surface area (Å²) in [6.45, 7) is 2.33. The van der Waals surface area contributed by atoms with Crippen LogP contribution in [0, 0.1) is 17.3 Å². The van der Waals surface area contributed by atoms with Gasteiger partial charge in [0.05, 0.1) is 6.10 Å². The summed E-state index contributed by atoms with van der Waals surface area (Å²) in [5.74, 6) is 2.80. The van der Waals surface area contributed by atoms with Crippen molar-refractivity contribution < 1.29 is 10.2 Å². The lowest BCUT2D eigenvalue weighted by Crippen LogP contribution is -2.43. The molecule has 3 unspecified atom stereocenters. The van der Waals surface area contributed by atoms with Crippen LogP contribution < -0.4 is 0 Å². The zero-order chi connectivity index (χ0) is 13.9. The normalized spacial score (nSPS) is 42.7. The van der Waals surface area contributed by atoms with Crippen molar-refractivity contribution in [1.29, 1.82) is 0 Å². The lowest BCUT2D eigenvalue weighted by Gasteiger charge is -2.50. The van der Waals surface area contributed by atoms with E-state index in [9.17, 15) is 5.11 Å². The van der Waals surface area contributed by atoms with E-state index in [0.717, 1.165) is 18.8 Å². The number of aryl methyl sites for hydroxylation is 1. The second-order valence-corrected chi connectivity index (χ2v) is 7.47. The molecule has 1 aromatic carbocycles. The van der Waals surface area contributed by atoms with Gasteiger partial charge in [0.25, 0.3) is 5.75 Å². The van der Waals surface area contributed by atoms with Crippen molar-refractivity contribution in [2.45, 2.75) is 57.5 Å². The number of benzene rings is 1. The van der Waals surface area contributed by atoms with E-state index >= 15 is 0 Å². The molecular formula is C18H25O2+. The fourth-order valence-corrected chi connectivity index (χ4v) is 5.55. The maximum absolute atomic E-state index is 10.4. The van der Waals surface area contributed by atoms with Crippen LogP contribution in [0.2, 0.25) is 0 Å². The van der Waals surface area contributed by atoms with Crippen molar-refractivity contribution in [1.82, 2.24) is 0 Å². The molecule has 0 bridgehead atoms. The highest BCUT2D eigenvalue weighted by Gasteiger charge is 2.54. The molecule has 0 aliphatic heterocycles. The van der Waals surface area contributed by atoms with Gasteiger partial charge in [0, 0.05) is 12.1 Å². The van der Waals surface area contributed by atoms with Gasteiger partial charge in [-0.3, -0.25) is 0 Å². The highest BCUT2D eigenvalue weighted by Crippen LogP contribution is 2.60. The molecule has 0 spiro atoms. The quantitative estimate of drug-likeness (QED) is 0.724. The Bertz CT molecular complexity index is 538. The molecule has 1 aromatic rings. The molecule has 20 heavy (non-hydrogen) atoms. The molecule has 0 amide bonds. The molecule has 108 valence electrons. The summed E-state index contributed by atoms with van der Waals surface area (Å²) in [6.07, 6.45) is 6.92. The van der Waals surface area contributed by atoms with E-state index in [1.165, 1.54) is 36.8 Å². The Morgan fingerprint density at radius 1 is 1.20 bits per heavy atom. The maximum Gasteiger partial charge on any atom is 0.254 e. The Morgan fingerprint density at radius 3 is 2.90 bits per heavy atom. The summed E-state index contributed by atoms with van der Waals surface area (Å²) in [6, 6.07) is 6.24. The minimum absolute atomic E-state index is 0.0783. The highest BCUT2D eigenvalue weighted by atomic mass is 16.3. The molecule has 2 fully saturated rings. The third-order valence-corrected chi connectivity index (χ3v) is 6.68. The molecule has 3 aliphatic carbocycles. The van der Waals surface area contributed by atoms with Crippen molar-refractivity contribution in [3.63, 3.8) is 0 Å². The van der Waals surface area contributed by atoms with Gasteiger partial charge in [0.15, 0.2) is 0 Å². The van der Waals surface area contributed by atoms with E-state index in [-0.39, 0.29) is 11.5 Å². The van der Waals surface area contributed by atoms with Gasteiger partial charge >= 0.3 is 0 Å². The van der Waals surface area contributed by atoms with Gasteiger partial charge in [-0.25, -0.2) is 0 Å². The molecule has 0 radical (unpaired) electrons. The zero-order valence-electron chi connectivity index (χ0n) is 12.2. The van der Waals surface area contributed by atoms with Crippen LogP contribution >= 0.6 is 0 Å². The Hall–Kier alpha value is -1.02. The molecule has 3 N–H and O–H groups in total. The van der Waals surface area contributed by atoms with Gasteiger partial charge in [0.1, 0.15) is 0 Å². The third-order valence-electron chi connectivity index (χ3n) is 6.68. The summed E-state index contributed by atoms with van der Waals surface area (Å²) >= 11 is 0. The van der Waals surface area contributed by atoms with E-state index in [4.69, 9.17) is 5.11 Å². The number of fused-ring (bicyclic) bond motifs is 5. The molecule has 0 saturated heterocycles. The number of hydrogen-bond acceptors (Lipinski definition) is 1. The van der Waals surface area contributed by atoms with Gasteiger partial charge in [-0.2, -0.15) is 0 Å². The molecule has 2 heteroatoms. The van der Waals surface area contributed by atoms with E-state index in [1.54, 1.807) is 0 Å². The van der Waals surface area contributed by atoms with E-state index < -0.39 is 0 Å². The Balaban J connectivity index is 1.71. The largest absolute Gasteiger partial charge is 0.593 e. The molecule has 2 nitrogen and oxygen atoms in total. The lowest BCUT2D eigenvalue weighted by molar-refractivity contribution is -0.0226. The van der Waals surface area contributed by atoms with Gasteiger partial charge in [-0.05, 0) is 78.9 Å². The van der Waals surface area contributed by atoms with Gasteiger partial charge in [-0.1, -0.05) is 6.92 Å². The van der Waals surface area contributed by atoms with Crippen LogP contribution in [0.25, 0.3) is 0 Å². The smallest absolute Gasteiger partial charge is 0.254 e. The van der Waals surface area contributed by atoms with Gasteiger partial charge in [0.2, 0.25) is 0 Å². The summed E-state index contributed by atoms with van der Waals surface area (Å²) in [5.41, 5.74) is 3.11. The van der Waals surface area contributed by atoms with Gasteiger partial charge in [-0.15, -0.1) is 0 Å². The number of aliphatic hydroxyl groups excluding tert-OH is 1. The lowest BCUT2D eigenvalue weighted by atomic mass is 9.55. The first kappa shape index (κ1) is 12.7. The fourth-order valence-electron chi connectivity index (χ4n) is 5.55. The Labute approximate surface area is 120 Å². The van der Waals surface area contributed by atoms with Crippen LogP contribution in [0.5, 0.6) is 5.75 Å². The van der Waals surface area contributed by atoms with E-state index in [2.05, 4.69) is 19.1 Å². The predicted molar refractivity (Wildman–Crippen MR) is 80.1 cm³/mol. The molecule has 0 aromatic heterocycles. The molecular weight excluding hydrogens is 248 g/mol. The monoisotopic (exact) mass is 273 g/mol. The third kappa shape index (κ3) is 1.60. The zero-order valence-corrected chi connectivity index (χ0v) is 12.2. The van der Waals surface area contributed by atoms with Crippen molar-refractivity contribution in [2.75, 3.05) is 0 Å². The molecule has 5 atom stereocenters. The minimum atomic E-state index is -0.0783. The number of rotatable bonds is 0.